The molecule has 2 aliphatic heterocycles. The fourth-order valence-corrected chi connectivity index (χ4v) is 6.89. The highest BCUT2D eigenvalue weighted by Crippen LogP contribution is 2.51. The van der Waals surface area contributed by atoms with Crippen molar-refractivity contribution in [3.8, 4) is 11.5 Å². The molecule has 0 unspecified atom stereocenters. The molecule has 44 heavy (non-hydrogen) atoms. The SMILES string of the molecule is C.C.COc1ccc2c(c1)Sc1cc(N)ccc1N2C(C)=O.COc1ccc2c(c1)Sc1cc([N+](=O)[O-])ccc1N2C(C)=O. The number of rotatable bonds is 3. The monoisotopic (exact) mass is 634 g/mol. The van der Waals surface area contributed by atoms with Crippen molar-refractivity contribution in [1.29, 1.82) is 0 Å². The van der Waals surface area contributed by atoms with E-state index in [4.69, 9.17) is 15.2 Å². The largest absolute Gasteiger partial charge is 0.497 e. The standard InChI is InChI=1S/C15H12N2O4S.C15H14N2O2S.2CH4/c1-9(18)16-12-5-3-10(17(19)20)7-14(12)22-15-8-11(21-2)4-6-13(15)16;1-9(18)17-12-5-3-10(16)7-14(12)20-15-8-11(19-2)4-6-13(15)17;;/h3-8H,1-2H3;3-8H,16H2,1-2H3;2*1H4. The molecular formula is C32H34N4O6S2. The van der Waals surface area contributed by atoms with Crippen molar-refractivity contribution in [1.82, 2.24) is 0 Å². The van der Waals surface area contributed by atoms with Crippen LogP contribution in [0.15, 0.2) is 92.4 Å². The van der Waals surface area contributed by atoms with Gasteiger partial charge in [-0.2, -0.15) is 0 Å². The van der Waals surface area contributed by atoms with Crippen LogP contribution in [0.25, 0.3) is 0 Å². The lowest BCUT2D eigenvalue weighted by molar-refractivity contribution is -0.385. The van der Waals surface area contributed by atoms with E-state index in [1.165, 1.54) is 30.8 Å². The number of anilines is 5. The van der Waals surface area contributed by atoms with Crippen molar-refractivity contribution in [2.45, 2.75) is 48.3 Å². The molecule has 2 aliphatic rings. The number of nitrogens with two attached hydrogens (primary N) is 1. The van der Waals surface area contributed by atoms with E-state index in [1.54, 1.807) is 54.8 Å². The average Bonchev–Trinajstić information content (AvgIpc) is 2.97. The molecule has 0 bridgehead atoms. The maximum atomic E-state index is 12.0. The number of carbonyl (C=O) groups is 2. The molecule has 0 spiro atoms. The molecule has 0 atom stereocenters. The highest BCUT2D eigenvalue weighted by molar-refractivity contribution is 8.00. The summed E-state index contributed by atoms with van der Waals surface area (Å²) in [6.45, 7) is 3.03. The smallest absolute Gasteiger partial charge is 0.270 e. The Labute approximate surface area is 265 Å². The number of methoxy groups -OCH3 is 2. The van der Waals surface area contributed by atoms with Crippen molar-refractivity contribution in [2.75, 3.05) is 29.8 Å². The Kier molecular flexibility index (Phi) is 10.6. The zero-order valence-electron chi connectivity index (χ0n) is 23.1. The minimum absolute atomic E-state index is 0. The van der Waals surface area contributed by atoms with Crippen molar-refractivity contribution in [2.24, 2.45) is 0 Å². The van der Waals surface area contributed by atoms with Crippen molar-refractivity contribution in [3.63, 3.8) is 0 Å². The fourth-order valence-electron chi connectivity index (χ4n) is 4.63. The average molecular weight is 635 g/mol. The van der Waals surface area contributed by atoms with Crippen molar-refractivity contribution in [3.05, 3.63) is 82.9 Å². The molecule has 0 saturated heterocycles. The van der Waals surface area contributed by atoms with E-state index in [2.05, 4.69) is 0 Å². The van der Waals surface area contributed by atoms with Crippen LogP contribution in [0, 0.1) is 10.1 Å². The minimum Gasteiger partial charge on any atom is -0.497 e. The van der Waals surface area contributed by atoms with Crippen LogP contribution in [0.3, 0.4) is 0 Å². The molecule has 10 nitrogen and oxygen atoms in total. The van der Waals surface area contributed by atoms with Crippen LogP contribution >= 0.6 is 23.5 Å². The molecule has 0 radical (unpaired) electrons. The first-order valence-corrected chi connectivity index (χ1v) is 14.3. The van der Waals surface area contributed by atoms with Gasteiger partial charge in [-0.15, -0.1) is 0 Å². The number of nitrogens with zero attached hydrogens (tertiary/aromatic N) is 3. The maximum Gasteiger partial charge on any atom is 0.270 e. The first-order valence-electron chi connectivity index (χ1n) is 12.6. The Morgan fingerprint density at radius 3 is 1.48 bits per heavy atom. The minimum atomic E-state index is -0.444. The Bertz CT molecular complexity index is 1750. The predicted molar refractivity (Wildman–Crippen MR) is 177 cm³/mol. The quantitative estimate of drug-likeness (QED) is 0.134. The van der Waals surface area contributed by atoms with Crippen LogP contribution in [-0.4, -0.2) is 31.0 Å². The highest BCUT2D eigenvalue weighted by Gasteiger charge is 2.29. The highest BCUT2D eigenvalue weighted by atomic mass is 32.2. The molecule has 2 heterocycles. The number of fused-ring (bicyclic) bond motifs is 4. The van der Waals surface area contributed by atoms with Crippen molar-refractivity contribution >= 4 is 69.5 Å². The first kappa shape index (κ1) is 33.8. The van der Waals surface area contributed by atoms with Crippen LogP contribution in [0.2, 0.25) is 0 Å². The number of carbonyl (C=O) groups excluding carboxylic acids is 2. The summed E-state index contributed by atoms with van der Waals surface area (Å²) in [6, 6.07) is 21.2. The third-order valence-electron chi connectivity index (χ3n) is 6.51. The van der Waals surface area contributed by atoms with E-state index in [0.717, 1.165) is 37.5 Å². The molecule has 0 fully saturated rings. The molecule has 0 aliphatic carbocycles. The van der Waals surface area contributed by atoms with Gasteiger partial charge in [0.05, 0.1) is 41.9 Å². The van der Waals surface area contributed by atoms with Crippen LogP contribution in [0.5, 0.6) is 11.5 Å². The lowest BCUT2D eigenvalue weighted by Crippen LogP contribution is -2.25. The summed E-state index contributed by atoms with van der Waals surface area (Å²) in [4.78, 5) is 41.3. The normalized spacial score (nSPS) is 11.9. The van der Waals surface area contributed by atoms with Gasteiger partial charge in [-0.25, -0.2) is 0 Å². The summed E-state index contributed by atoms with van der Waals surface area (Å²) in [5, 5.41) is 10.9. The number of nitro groups is 1. The third kappa shape index (κ3) is 6.46. The molecule has 230 valence electrons. The number of non-ortho nitro benzene ring substituents is 1. The van der Waals surface area contributed by atoms with Gasteiger partial charge in [-0.05, 0) is 60.7 Å². The van der Waals surface area contributed by atoms with E-state index >= 15 is 0 Å². The van der Waals surface area contributed by atoms with E-state index < -0.39 is 4.92 Å². The third-order valence-corrected chi connectivity index (χ3v) is 8.69. The first-order chi connectivity index (χ1) is 20.1. The van der Waals surface area contributed by atoms with Crippen LogP contribution in [0.1, 0.15) is 28.7 Å². The molecule has 4 aromatic rings. The van der Waals surface area contributed by atoms with E-state index in [1.807, 2.05) is 48.5 Å². The fraction of sp³-hybridized carbons (Fsp3) is 0.188. The van der Waals surface area contributed by atoms with Gasteiger partial charge in [0, 0.05) is 51.2 Å². The van der Waals surface area contributed by atoms with Gasteiger partial charge in [0.15, 0.2) is 0 Å². The van der Waals surface area contributed by atoms with Crippen LogP contribution in [0.4, 0.5) is 34.1 Å². The number of hydrogen-bond acceptors (Lipinski definition) is 9. The number of nitrogen functional groups attached to an aromatic ring is 1. The summed E-state index contributed by atoms with van der Waals surface area (Å²) >= 11 is 2.98. The second-order valence-corrected chi connectivity index (χ2v) is 11.4. The number of amides is 2. The molecule has 0 aromatic heterocycles. The van der Waals surface area contributed by atoms with Gasteiger partial charge in [0.25, 0.3) is 5.69 Å². The Morgan fingerprint density at radius 2 is 1.07 bits per heavy atom. The van der Waals surface area contributed by atoms with Crippen molar-refractivity contribution < 1.29 is 24.0 Å². The maximum absolute atomic E-state index is 12.0. The summed E-state index contributed by atoms with van der Waals surface area (Å²) < 4.78 is 10.4. The van der Waals surface area contributed by atoms with Gasteiger partial charge in [-0.3, -0.25) is 29.5 Å². The summed E-state index contributed by atoms with van der Waals surface area (Å²) in [6.07, 6.45) is 0. The number of benzene rings is 4. The Morgan fingerprint density at radius 1 is 0.682 bits per heavy atom. The summed E-state index contributed by atoms with van der Waals surface area (Å²) in [5.74, 6) is 1.26. The lowest BCUT2D eigenvalue weighted by Gasteiger charge is -2.30. The second kappa shape index (κ2) is 13.7. The molecule has 4 aromatic carbocycles. The van der Waals surface area contributed by atoms with Gasteiger partial charge in [0.2, 0.25) is 11.8 Å². The predicted octanol–water partition coefficient (Wildman–Crippen LogP) is 8.45. The number of ether oxygens (including phenoxy) is 2. The topological polar surface area (TPSA) is 128 Å². The van der Waals surface area contributed by atoms with E-state index in [0.29, 0.717) is 22.0 Å². The summed E-state index contributed by atoms with van der Waals surface area (Å²) in [7, 11) is 3.20. The van der Waals surface area contributed by atoms with Gasteiger partial charge >= 0.3 is 0 Å². The molecule has 12 heteroatoms. The molecule has 2 N–H and O–H groups in total. The van der Waals surface area contributed by atoms with E-state index in [-0.39, 0.29) is 32.4 Å². The van der Waals surface area contributed by atoms with Gasteiger partial charge < -0.3 is 15.2 Å². The molecule has 0 saturated carbocycles. The molecular weight excluding hydrogens is 601 g/mol. The van der Waals surface area contributed by atoms with Gasteiger partial charge in [0.1, 0.15) is 11.5 Å². The van der Waals surface area contributed by atoms with E-state index in [9.17, 15) is 19.7 Å². The van der Waals surface area contributed by atoms with Crippen LogP contribution < -0.4 is 25.0 Å². The molecule has 2 amide bonds. The molecule has 6 rings (SSSR count). The van der Waals surface area contributed by atoms with Crippen LogP contribution in [-0.2, 0) is 9.59 Å². The number of nitro benzene ring substituents is 1. The summed E-state index contributed by atoms with van der Waals surface area (Å²) in [5.41, 5.74) is 9.67. The second-order valence-electron chi connectivity index (χ2n) is 9.22. The Hall–Kier alpha value is -4.68. The van der Waals surface area contributed by atoms with Gasteiger partial charge in [-0.1, -0.05) is 38.4 Å². The number of hydrogen-bond donors (Lipinski definition) is 1. The Balaban J connectivity index is 0.000000231. The zero-order valence-corrected chi connectivity index (χ0v) is 24.7. The zero-order chi connectivity index (χ0) is 30.1. The lowest BCUT2D eigenvalue weighted by atomic mass is 10.2.